The first kappa shape index (κ1) is 19.9. The Bertz CT molecular complexity index is 560. The van der Waals surface area contributed by atoms with Crippen LogP contribution >= 0.6 is 0 Å². The molecule has 1 aromatic rings. The summed E-state index contributed by atoms with van der Waals surface area (Å²) in [7, 11) is 0. The van der Waals surface area contributed by atoms with Gasteiger partial charge < -0.3 is 4.74 Å². The Hall–Kier alpha value is -2.18. The maximum atomic E-state index is 11.2. The average Bonchev–Trinajstić information content (AvgIpc) is 2.54. The number of ether oxygens (including phenoxy) is 1. The van der Waals surface area contributed by atoms with Crippen LogP contribution in [0.5, 0.6) is 5.75 Å². The number of nitro groups is 2. The van der Waals surface area contributed by atoms with Crippen molar-refractivity contribution in [3.05, 3.63) is 37.9 Å². The minimum Gasteiger partial charge on any atom is -0.487 e. The first-order chi connectivity index (χ1) is 11.5. The zero-order chi connectivity index (χ0) is 17.9. The zero-order valence-corrected chi connectivity index (χ0v) is 14.5. The number of rotatable bonds is 12. The summed E-state index contributed by atoms with van der Waals surface area (Å²) < 4.78 is 5.56. The van der Waals surface area contributed by atoms with Gasteiger partial charge in [0, 0.05) is 5.56 Å². The molecule has 0 unspecified atom stereocenters. The van der Waals surface area contributed by atoms with Crippen molar-refractivity contribution in [2.75, 3.05) is 6.61 Å². The van der Waals surface area contributed by atoms with Gasteiger partial charge in [0.2, 0.25) is 0 Å². The van der Waals surface area contributed by atoms with Crippen molar-refractivity contribution in [1.82, 2.24) is 0 Å². The molecule has 0 heterocycles. The van der Waals surface area contributed by atoms with E-state index >= 15 is 0 Å². The lowest BCUT2D eigenvalue weighted by Crippen LogP contribution is -2.04. The summed E-state index contributed by atoms with van der Waals surface area (Å²) in [4.78, 5) is 21.2. The maximum absolute atomic E-state index is 11.2. The number of unbranched alkanes of at least 4 members (excludes halogenated alkanes) is 5. The van der Waals surface area contributed by atoms with E-state index in [2.05, 4.69) is 13.8 Å². The van der Waals surface area contributed by atoms with Gasteiger partial charge in [0.15, 0.2) is 5.75 Å². The van der Waals surface area contributed by atoms with Crippen molar-refractivity contribution in [3.63, 3.8) is 0 Å². The molecule has 0 spiro atoms. The van der Waals surface area contributed by atoms with Gasteiger partial charge in [0.25, 0.3) is 5.69 Å². The van der Waals surface area contributed by atoms with Crippen LogP contribution in [-0.2, 0) is 6.42 Å². The Labute approximate surface area is 142 Å². The molecule has 0 saturated carbocycles. The lowest BCUT2D eigenvalue weighted by atomic mass is 10.0. The molecular weight excluding hydrogens is 312 g/mol. The van der Waals surface area contributed by atoms with E-state index in [0.29, 0.717) is 18.6 Å². The molecule has 0 aromatic heterocycles. The lowest BCUT2D eigenvalue weighted by Gasteiger charge is -2.09. The largest absolute Gasteiger partial charge is 0.487 e. The van der Waals surface area contributed by atoms with Crippen LogP contribution in [0, 0.1) is 20.2 Å². The van der Waals surface area contributed by atoms with Crippen LogP contribution in [0.1, 0.15) is 64.4 Å². The summed E-state index contributed by atoms with van der Waals surface area (Å²) in [5, 5.41) is 22.4. The van der Waals surface area contributed by atoms with Gasteiger partial charge in [-0.1, -0.05) is 46.0 Å². The van der Waals surface area contributed by atoms with E-state index in [0.717, 1.165) is 51.0 Å². The standard InChI is InChI=1S/C17H26N2O5/c1-3-5-7-9-11-24-17-12-14(10-8-6-4-2)15(18(20)21)13-16(17)19(22)23/h12-13H,3-11H2,1-2H3. The third-order valence-electron chi connectivity index (χ3n) is 3.86. The molecule has 0 saturated heterocycles. The molecule has 0 N–H and O–H groups in total. The van der Waals surface area contributed by atoms with Crippen LogP contribution in [0.15, 0.2) is 12.1 Å². The van der Waals surface area contributed by atoms with Gasteiger partial charge in [0.05, 0.1) is 22.5 Å². The predicted octanol–water partition coefficient (Wildman–Crippen LogP) is 5.19. The summed E-state index contributed by atoms with van der Waals surface area (Å²) in [5.41, 5.74) is -0.0322. The molecule has 0 aliphatic carbocycles. The number of nitro benzene ring substituents is 2. The highest BCUT2D eigenvalue weighted by atomic mass is 16.6. The molecule has 0 aliphatic rings. The van der Waals surface area contributed by atoms with Crippen LogP contribution in [-0.4, -0.2) is 16.5 Å². The van der Waals surface area contributed by atoms with Gasteiger partial charge >= 0.3 is 5.69 Å². The molecule has 134 valence electrons. The van der Waals surface area contributed by atoms with Crippen LogP contribution < -0.4 is 4.74 Å². The zero-order valence-electron chi connectivity index (χ0n) is 14.5. The molecule has 24 heavy (non-hydrogen) atoms. The quantitative estimate of drug-likeness (QED) is 0.297. The number of nitrogens with zero attached hydrogens (tertiary/aromatic N) is 2. The van der Waals surface area contributed by atoms with Crippen LogP contribution in [0.2, 0.25) is 0 Å². The third-order valence-corrected chi connectivity index (χ3v) is 3.86. The molecule has 0 amide bonds. The summed E-state index contributed by atoms with van der Waals surface area (Å²) in [6, 6.07) is 2.51. The molecule has 1 rings (SSSR count). The van der Waals surface area contributed by atoms with E-state index in [1.54, 1.807) is 0 Å². The monoisotopic (exact) mass is 338 g/mol. The Kier molecular flexibility index (Phi) is 8.75. The first-order valence-corrected chi connectivity index (χ1v) is 8.59. The minimum atomic E-state index is -0.621. The predicted molar refractivity (Wildman–Crippen MR) is 92.6 cm³/mol. The molecule has 7 heteroatoms. The molecule has 7 nitrogen and oxygen atoms in total. The maximum Gasteiger partial charge on any atom is 0.317 e. The lowest BCUT2D eigenvalue weighted by molar-refractivity contribution is -0.395. The van der Waals surface area contributed by atoms with E-state index in [9.17, 15) is 20.2 Å². The SMILES string of the molecule is CCCCCCOc1cc(CCCCC)c([N+](=O)[O-])cc1[N+](=O)[O-]. The Morgan fingerprint density at radius 1 is 0.875 bits per heavy atom. The second kappa shape index (κ2) is 10.6. The summed E-state index contributed by atoms with van der Waals surface area (Å²) >= 11 is 0. The van der Waals surface area contributed by atoms with Crippen LogP contribution in [0.4, 0.5) is 11.4 Å². The van der Waals surface area contributed by atoms with Crippen LogP contribution in [0.3, 0.4) is 0 Å². The van der Waals surface area contributed by atoms with E-state index < -0.39 is 9.85 Å². The number of hydrogen-bond acceptors (Lipinski definition) is 5. The van der Waals surface area contributed by atoms with Crippen molar-refractivity contribution < 1.29 is 14.6 Å². The Morgan fingerprint density at radius 2 is 1.50 bits per heavy atom. The summed E-state index contributed by atoms with van der Waals surface area (Å²) in [6.07, 6.45) is 7.30. The molecule has 0 atom stereocenters. The van der Waals surface area contributed by atoms with Gasteiger partial charge in [-0.15, -0.1) is 0 Å². The fourth-order valence-electron chi connectivity index (χ4n) is 2.50. The Morgan fingerprint density at radius 3 is 2.08 bits per heavy atom. The number of benzene rings is 1. The van der Waals surface area contributed by atoms with Gasteiger partial charge in [-0.3, -0.25) is 20.2 Å². The highest BCUT2D eigenvalue weighted by Crippen LogP contribution is 2.35. The fourth-order valence-corrected chi connectivity index (χ4v) is 2.50. The van der Waals surface area contributed by atoms with Crippen molar-refractivity contribution in [2.24, 2.45) is 0 Å². The van der Waals surface area contributed by atoms with Gasteiger partial charge in [-0.05, 0) is 25.3 Å². The van der Waals surface area contributed by atoms with Gasteiger partial charge in [0.1, 0.15) is 0 Å². The van der Waals surface area contributed by atoms with Crippen molar-refractivity contribution in [3.8, 4) is 5.75 Å². The van der Waals surface area contributed by atoms with Gasteiger partial charge in [-0.2, -0.15) is 0 Å². The van der Waals surface area contributed by atoms with E-state index in [4.69, 9.17) is 4.74 Å². The second-order valence-corrected chi connectivity index (χ2v) is 5.83. The van der Waals surface area contributed by atoms with Crippen molar-refractivity contribution in [2.45, 2.75) is 65.2 Å². The van der Waals surface area contributed by atoms with Crippen LogP contribution in [0.25, 0.3) is 0 Å². The topological polar surface area (TPSA) is 95.5 Å². The highest BCUT2D eigenvalue weighted by molar-refractivity contribution is 5.58. The van der Waals surface area contributed by atoms with E-state index in [1.807, 2.05) is 0 Å². The number of aryl methyl sites for hydroxylation is 1. The summed E-state index contributed by atoms with van der Waals surface area (Å²) in [5.74, 6) is 0.133. The molecule has 0 bridgehead atoms. The smallest absolute Gasteiger partial charge is 0.317 e. The van der Waals surface area contributed by atoms with Gasteiger partial charge in [-0.25, -0.2) is 0 Å². The first-order valence-electron chi connectivity index (χ1n) is 8.59. The van der Waals surface area contributed by atoms with Crippen molar-refractivity contribution in [1.29, 1.82) is 0 Å². The van der Waals surface area contributed by atoms with E-state index in [1.165, 1.54) is 6.07 Å². The third kappa shape index (κ3) is 6.14. The molecule has 1 aromatic carbocycles. The van der Waals surface area contributed by atoms with E-state index in [-0.39, 0.29) is 17.1 Å². The fraction of sp³-hybridized carbons (Fsp3) is 0.647. The molecular formula is C17H26N2O5. The Balaban J connectivity index is 2.98. The average molecular weight is 338 g/mol. The van der Waals surface area contributed by atoms with Crippen molar-refractivity contribution >= 4 is 11.4 Å². The minimum absolute atomic E-state index is 0.133. The number of hydrogen-bond donors (Lipinski definition) is 0. The second-order valence-electron chi connectivity index (χ2n) is 5.83. The molecule has 0 aliphatic heterocycles. The highest BCUT2D eigenvalue weighted by Gasteiger charge is 2.25. The molecule has 0 radical (unpaired) electrons. The molecule has 0 fully saturated rings. The normalized spacial score (nSPS) is 10.6. The summed E-state index contributed by atoms with van der Waals surface area (Å²) in [6.45, 7) is 4.53.